The van der Waals surface area contributed by atoms with E-state index in [2.05, 4.69) is 43.4 Å². The monoisotopic (exact) mass is 372 g/mol. The van der Waals surface area contributed by atoms with E-state index in [1.165, 1.54) is 0 Å². The van der Waals surface area contributed by atoms with Crippen LogP contribution in [-0.4, -0.2) is 11.3 Å². The summed E-state index contributed by atoms with van der Waals surface area (Å²) in [5.74, 6) is 0.889. The average molecular weight is 374 g/mol. The molecule has 0 fully saturated rings. The van der Waals surface area contributed by atoms with Crippen molar-refractivity contribution in [2.75, 3.05) is 12.0 Å². The summed E-state index contributed by atoms with van der Waals surface area (Å²) in [6.45, 7) is 3.33. The molecule has 2 aromatic rings. The van der Waals surface area contributed by atoms with Crippen molar-refractivity contribution in [2.45, 2.75) is 13.5 Å². The highest BCUT2D eigenvalue weighted by atomic mass is 79.9. The minimum atomic E-state index is 0.650. The maximum atomic E-state index is 5.68. The topological polar surface area (TPSA) is 26.2 Å². The Labute approximate surface area is 123 Å². The molecule has 0 amide bonds. The van der Waals surface area contributed by atoms with Crippen molar-refractivity contribution in [1.82, 2.24) is 4.68 Å². The largest absolute Gasteiger partial charge is 0.492 e. The second-order valence-corrected chi connectivity index (χ2v) is 5.50. The molecule has 1 aromatic heterocycles. The maximum Gasteiger partial charge on any atom is 0.138 e. The first kappa shape index (κ1) is 13.5. The maximum absolute atomic E-state index is 5.68. The van der Waals surface area contributed by atoms with E-state index in [1.807, 2.05) is 42.2 Å². The van der Waals surface area contributed by atoms with Gasteiger partial charge in [0.1, 0.15) is 5.75 Å². The number of benzene rings is 1. The summed E-state index contributed by atoms with van der Waals surface area (Å²) in [7, 11) is 0. The zero-order valence-corrected chi connectivity index (χ0v) is 13.2. The van der Waals surface area contributed by atoms with Crippen LogP contribution in [0, 0.1) is 0 Å². The zero-order chi connectivity index (χ0) is 13.0. The van der Waals surface area contributed by atoms with E-state index >= 15 is 0 Å². The van der Waals surface area contributed by atoms with Crippen molar-refractivity contribution in [2.24, 2.45) is 0 Å². The molecule has 18 heavy (non-hydrogen) atoms. The van der Waals surface area contributed by atoms with Crippen molar-refractivity contribution in [1.29, 1.82) is 0 Å². The van der Waals surface area contributed by atoms with E-state index in [9.17, 15) is 0 Å². The number of ether oxygens (including phenoxy) is 1. The van der Waals surface area contributed by atoms with Crippen molar-refractivity contribution in [3.05, 3.63) is 51.2 Å². The van der Waals surface area contributed by atoms with Gasteiger partial charge in [-0.1, -0.05) is 15.9 Å². The Morgan fingerprint density at radius 1 is 1.22 bits per heavy atom. The molecule has 96 valence electrons. The zero-order valence-electron chi connectivity index (χ0n) is 9.99. The van der Waals surface area contributed by atoms with Crippen LogP contribution in [0.3, 0.4) is 0 Å². The fraction of sp³-hybridized carbons (Fsp3) is 0.231. The highest BCUT2D eigenvalue weighted by Gasteiger charge is 2.09. The van der Waals surface area contributed by atoms with Crippen LogP contribution in [0.25, 0.3) is 0 Å². The fourth-order valence-corrected chi connectivity index (χ4v) is 3.10. The fourth-order valence-electron chi connectivity index (χ4n) is 1.67. The summed E-state index contributed by atoms with van der Waals surface area (Å²) < 4.78 is 9.59. The van der Waals surface area contributed by atoms with Crippen LogP contribution in [0.1, 0.15) is 12.5 Å². The molecule has 3 nitrogen and oxygen atoms in total. The van der Waals surface area contributed by atoms with Gasteiger partial charge in [0, 0.05) is 22.4 Å². The Morgan fingerprint density at radius 2 is 1.94 bits per heavy atom. The normalized spacial score (nSPS) is 10.4. The third-order valence-electron chi connectivity index (χ3n) is 2.43. The van der Waals surface area contributed by atoms with Gasteiger partial charge in [-0.15, -0.1) is 0 Å². The number of hydrogen-bond acceptors (Lipinski definition) is 2. The Hall–Kier alpha value is -0.940. The summed E-state index contributed by atoms with van der Waals surface area (Å²) in [5, 5.41) is 0. The molecule has 1 N–H and O–H groups in total. The van der Waals surface area contributed by atoms with Crippen molar-refractivity contribution in [3.8, 4) is 5.75 Å². The molecule has 0 aliphatic heterocycles. The van der Waals surface area contributed by atoms with Gasteiger partial charge >= 0.3 is 0 Å². The van der Waals surface area contributed by atoms with Crippen LogP contribution < -0.4 is 10.2 Å². The Kier molecular flexibility index (Phi) is 4.72. The molecule has 0 unspecified atom stereocenters. The second-order valence-electron chi connectivity index (χ2n) is 3.73. The molecule has 0 spiro atoms. The lowest BCUT2D eigenvalue weighted by atomic mass is 10.2. The second kappa shape index (κ2) is 6.29. The lowest BCUT2D eigenvalue weighted by molar-refractivity contribution is 0.334. The van der Waals surface area contributed by atoms with Gasteiger partial charge in [-0.2, -0.15) is 0 Å². The Balaban J connectivity index is 2.19. The first-order valence-corrected chi connectivity index (χ1v) is 7.27. The summed E-state index contributed by atoms with van der Waals surface area (Å²) in [4.78, 5) is 0. The lowest BCUT2D eigenvalue weighted by Gasteiger charge is -2.14. The van der Waals surface area contributed by atoms with Crippen molar-refractivity contribution < 1.29 is 4.74 Å². The van der Waals surface area contributed by atoms with Crippen molar-refractivity contribution in [3.63, 3.8) is 0 Å². The predicted molar refractivity (Wildman–Crippen MR) is 80.5 cm³/mol. The van der Waals surface area contributed by atoms with Gasteiger partial charge in [-0.05, 0) is 47.1 Å². The minimum absolute atomic E-state index is 0.650. The molecule has 1 aromatic carbocycles. The minimum Gasteiger partial charge on any atom is -0.492 e. The molecule has 0 aliphatic carbocycles. The van der Waals surface area contributed by atoms with Crippen LogP contribution in [-0.2, 0) is 6.54 Å². The van der Waals surface area contributed by atoms with Crippen LogP contribution in [0.2, 0.25) is 0 Å². The van der Waals surface area contributed by atoms with Gasteiger partial charge < -0.3 is 10.2 Å². The van der Waals surface area contributed by atoms with E-state index < -0.39 is 0 Å². The average Bonchev–Trinajstić information content (AvgIpc) is 2.83. The summed E-state index contributed by atoms with van der Waals surface area (Å²) in [6, 6.07) is 8.01. The molecule has 1 heterocycles. The molecule has 0 bridgehead atoms. The van der Waals surface area contributed by atoms with E-state index in [0.717, 1.165) is 20.3 Å². The molecule has 2 rings (SSSR count). The van der Waals surface area contributed by atoms with E-state index in [0.29, 0.717) is 13.2 Å². The molecular formula is C13H14Br2N2O. The third kappa shape index (κ3) is 3.29. The van der Waals surface area contributed by atoms with E-state index in [1.54, 1.807) is 0 Å². The Bertz CT molecular complexity index is 512. The highest BCUT2D eigenvalue weighted by molar-refractivity contribution is 9.11. The highest BCUT2D eigenvalue weighted by Crippen LogP contribution is 2.33. The van der Waals surface area contributed by atoms with Gasteiger partial charge in [-0.25, -0.2) is 0 Å². The number of halogens is 2. The molecule has 0 atom stereocenters. The van der Waals surface area contributed by atoms with Gasteiger partial charge in [0.2, 0.25) is 0 Å². The van der Waals surface area contributed by atoms with Crippen LogP contribution in [0.5, 0.6) is 5.75 Å². The molecule has 0 aliphatic rings. The standard InChI is InChI=1S/C13H14Br2N2O/c1-2-18-13-10(7-11(14)8-12(13)15)9-16-17-5-3-4-6-17/h3-8,16H,2,9H2,1H3. The van der Waals surface area contributed by atoms with Gasteiger partial charge in [0.05, 0.1) is 17.6 Å². The summed E-state index contributed by atoms with van der Waals surface area (Å²) in [5.41, 5.74) is 4.39. The van der Waals surface area contributed by atoms with Crippen molar-refractivity contribution >= 4 is 31.9 Å². The molecule has 0 radical (unpaired) electrons. The number of hydrogen-bond donors (Lipinski definition) is 1. The quantitative estimate of drug-likeness (QED) is 0.851. The van der Waals surface area contributed by atoms with Gasteiger partial charge in [0.25, 0.3) is 0 Å². The smallest absolute Gasteiger partial charge is 0.138 e. The molecule has 0 saturated carbocycles. The number of nitrogens with one attached hydrogen (secondary N) is 1. The van der Waals surface area contributed by atoms with Gasteiger partial charge in [0.15, 0.2) is 0 Å². The van der Waals surface area contributed by atoms with E-state index in [-0.39, 0.29) is 0 Å². The summed E-state index contributed by atoms with van der Waals surface area (Å²) >= 11 is 7.02. The SMILES string of the molecule is CCOc1c(Br)cc(Br)cc1CNn1cccc1. The predicted octanol–water partition coefficient (Wildman–Crippen LogP) is 4.16. The number of aromatic nitrogens is 1. The first-order chi connectivity index (χ1) is 8.70. The number of nitrogens with zero attached hydrogens (tertiary/aromatic N) is 1. The first-order valence-electron chi connectivity index (χ1n) is 5.68. The van der Waals surface area contributed by atoms with Crippen LogP contribution >= 0.6 is 31.9 Å². The van der Waals surface area contributed by atoms with E-state index in [4.69, 9.17) is 4.74 Å². The summed E-state index contributed by atoms with van der Waals surface area (Å²) in [6.07, 6.45) is 3.93. The number of rotatable bonds is 5. The van der Waals surface area contributed by atoms with Crippen LogP contribution in [0.15, 0.2) is 45.6 Å². The third-order valence-corrected chi connectivity index (χ3v) is 3.48. The molecular weight excluding hydrogens is 360 g/mol. The van der Waals surface area contributed by atoms with Gasteiger partial charge in [-0.3, -0.25) is 4.68 Å². The lowest BCUT2D eigenvalue weighted by Crippen LogP contribution is -2.13. The molecule has 0 saturated heterocycles. The molecule has 5 heteroatoms. The Morgan fingerprint density at radius 3 is 2.61 bits per heavy atom. The van der Waals surface area contributed by atoms with Crippen LogP contribution in [0.4, 0.5) is 0 Å².